The molecule has 0 bridgehead atoms. The van der Waals surface area contributed by atoms with Crippen LogP contribution < -0.4 is 16.2 Å². The van der Waals surface area contributed by atoms with Gasteiger partial charge in [0.1, 0.15) is 17.5 Å². The standard InChI is InChI=1S/C11H19N5S/c1-7-6-17-5-4-16(7)11-8(2)10(15-12)13-9(3)14-11/h7H,4-6,12H2,1-3H3,(H,13,14,15). The van der Waals surface area contributed by atoms with Crippen molar-refractivity contribution in [2.75, 3.05) is 28.4 Å². The van der Waals surface area contributed by atoms with E-state index in [9.17, 15) is 0 Å². The van der Waals surface area contributed by atoms with E-state index in [1.165, 1.54) is 0 Å². The smallest absolute Gasteiger partial charge is 0.148 e. The Kier molecular flexibility index (Phi) is 3.73. The van der Waals surface area contributed by atoms with Crippen molar-refractivity contribution in [3.63, 3.8) is 0 Å². The number of nitrogens with two attached hydrogens (primary N) is 1. The Labute approximate surface area is 106 Å². The Balaban J connectivity index is 2.39. The van der Waals surface area contributed by atoms with Crippen molar-refractivity contribution in [2.24, 2.45) is 5.84 Å². The molecule has 2 rings (SSSR count). The zero-order valence-corrected chi connectivity index (χ0v) is 11.3. The van der Waals surface area contributed by atoms with E-state index in [0.717, 1.165) is 41.1 Å². The predicted octanol–water partition coefficient (Wildman–Crippen LogP) is 1.32. The number of rotatable bonds is 2. The summed E-state index contributed by atoms with van der Waals surface area (Å²) in [5, 5.41) is 0. The number of hydrazine groups is 1. The molecule has 17 heavy (non-hydrogen) atoms. The first-order valence-electron chi connectivity index (χ1n) is 5.79. The van der Waals surface area contributed by atoms with Gasteiger partial charge in [-0.15, -0.1) is 0 Å². The van der Waals surface area contributed by atoms with Gasteiger partial charge in [0.15, 0.2) is 0 Å². The van der Waals surface area contributed by atoms with E-state index in [1.54, 1.807) is 0 Å². The van der Waals surface area contributed by atoms with Crippen molar-refractivity contribution in [2.45, 2.75) is 26.8 Å². The van der Waals surface area contributed by atoms with Crippen LogP contribution in [0.15, 0.2) is 0 Å². The van der Waals surface area contributed by atoms with Crippen LogP contribution in [0.25, 0.3) is 0 Å². The lowest BCUT2D eigenvalue weighted by atomic mass is 10.2. The monoisotopic (exact) mass is 253 g/mol. The van der Waals surface area contributed by atoms with Crippen LogP contribution in [0.3, 0.4) is 0 Å². The summed E-state index contributed by atoms with van der Waals surface area (Å²) in [4.78, 5) is 11.2. The van der Waals surface area contributed by atoms with Crippen molar-refractivity contribution >= 4 is 23.4 Å². The average molecular weight is 253 g/mol. The van der Waals surface area contributed by atoms with Crippen molar-refractivity contribution in [3.8, 4) is 0 Å². The third kappa shape index (κ3) is 2.47. The van der Waals surface area contributed by atoms with Gasteiger partial charge < -0.3 is 10.3 Å². The Hall–Kier alpha value is -1.01. The van der Waals surface area contributed by atoms with Crippen LogP contribution in [0.5, 0.6) is 0 Å². The minimum Gasteiger partial charge on any atom is -0.352 e. The molecule has 3 N–H and O–H groups in total. The van der Waals surface area contributed by atoms with Crippen LogP contribution in [-0.2, 0) is 0 Å². The molecule has 94 valence electrons. The van der Waals surface area contributed by atoms with Crippen molar-refractivity contribution in [1.82, 2.24) is 9.97 Å². The van der Waals surface area contributed by atoms with Crippen LogP contribution in [0.2, 0.25) is 0 Å². The van der Waals surface area contributed by atoms with Crippen LogP contribution in [-0.4, -0.2) is 34.1 Å². The van der Waals surface area contributed by atoms with Gasteiger partial charge >= 0.3 is 0 Å². The largest absolute Gasteiger partial charge is 0.352 e. The zero-order chi connectivity index (χ0) is 12.4. The highest BCUT2D eigenvalue weighted by Gasteiger charge is 2.23. The van der Waals surface area contributed by atoms with Gasteiger partial charge in [0.25, 0.3) is 0 Å². The lowest BCUT2D eigenvalue weighted by Gasteiger charge is -2.35. The number of nitrogen functional groups attached to an aromatic ring is 1. The molecule has 0 spiro atoms. The first-order valence-corrected chi connectivity index (χ1v) is 6.95. The fraction of sp³-hybridized carbons (Fsp3) is 0.636. The summed E-state index contributed by atoms with van der Waals surface area (Å²) in [6.45, 7) is 7.18. The van der Waals surface area contributed by atoms with Crippen molar-refractivity contribution < 1.29 is 0 Å². The summed E-state index contributed by atoms with van der Waals surface area (Å²) in [5.74, 6) is 10.3. The number of anilines is 2. The van der Waals surface area contributed by atoms with E-state index in [-0.39, 0.29) is 0 Å². The van der Waals surface area contributed by atoms with Gasteiger partial charge in [-0.3, -0.25) is 0 Å². The van der Waals surface area contributed by atoms with Crippen molar-refractivity contribution in [1.29, 1.82) is 0 Å². The molecule has 0 saturated carbocycles. The van der Waals surface area contributed by atoms with Crippen molar-refractivity contribution in [3.05, 3.63) is 11.4 Å². The molecule has 1 saturated heterocycles. The third-order valence-electron chi connectivity index (χ3n) is 3.01. The fourth-order valence-corrected chi connectivity index (χ4v) is 3.09. The molecule has 1 aliphatic rings. The molecule has 0 radical (unpaired) electrons. The zero-order valence-electron chi connectivity index (χ0n) is 10.5. The SMILES string of the molecule is Cc1nc(NN)c(C)c(N2CCSCC2C)n1. The number of hydrogen-bond donors (Lipinski definition) is 2. The Bertz CT molecular complexity index is 409. The molecule has 1 aliphatic heterocycles. The second-order valence-electron chi connectivity index (χ2n) is 4.33. The number of nitrogens with zero attached hydrogens (tertiary/aromatic N) is 3. The number of thioether (sulfide) groups is 1. The normalized spacial score (nSPS) is 20.5. The van der Waals surface area contributed by atoms with Gasteiger partial charge in [0.05, 0.1) is 0 Å². The molecule has 1 unspecified atom stereocenters. The topological polar surface area (TPSA) is 67.1 Å². The van der Waals surface area contributed by atoms with E-state index in [1.807, 2.05) is 25.6 Å². The Morgan fingerprint density at radius 2 is 2.18 bits per heavy atom. The highest BCUT2D eigenvalue weighted by atomic mass is 32.2. The molecule has 2 heterocycles. The lowest BCUT2D eigenvalue weighted by Crippen LogP contribution is -2.41. The van der Waals surface area contributed by atoms with Gasteiger partial charge in [-0.25, -0.2) is 15.8 Å². The number of nitrogens with one attached hydrogen (secondary N) is 1. The highest BCUT2D eigenvalue weighted by molar-refractivity contribution is 7.99. The maximum atomic E-state index is 5.49. The molecule has 1 aromatic heterocycles. The van der Waals surface area contributed by atoms with Gasteiger partial charge in [0, 0.05) is 29.7 Å². The molecular weight excluding hydrogens is 234 g/mol. The Morgan fingerprint density at radius 3 is 2.82 bits per heavy atom. The minimum absolute atomic E-state index is 0.507. The average Bonchev–Trinajstić information content (AvgIpc) is 2.32. The van der Waals surface area contributed by atoms with Gasteiger partial charge in [-0.2, -0.15) is 11.8 Å². The molecule has 0 aliphatic carbocycles. The maximum Gasteiger partial charge on any atom is 0.148 e. The van der Waals surface area contributed by atoms with E-state index < -0.39 is 0 Å². The Morgan fingerprint density at radius 1 is 1.41 bits per heavy atom. The molecule has 1 aromatic rings. The summed E-state index contributed by atoms with van der Waals surface area (Å²) < 4.78 is 0. The van der Waals surface area contributed by atoms with Gasteiger partial charge in [-0.05, 0) is 20.8 Å². The quantitative estimate of drug-likeness (QED) is 0.612. The molecular formula is C11H19N5S. The van der Waals surface area contributed by atoms with Crippen LogP contribution in [0, 0.1) is 13.8 Å². The first-order chi connectivity index (χ1) is 8.13. The summed E-state index contributed by atoms with van der Waals surface area (Å²) in [5.41, 5.74) is 3.67. The first kappa shape index (κ1) is 12.4. The minimum atomic E-state index is 0.507. The van der Waals surface area contributed by atoms with Crippen LogP contribution in [0.4, 0.5) is 11.6 Å². The number of aromatic nitrogens is 2. The maximum absolute atomic E-state index is 5.49. The predicted molar refractivity (Wildman–Crippen MR) is 73.4 cm³/mol. The van der Waals surface area contributed by atoms with Gasteiger partial charge in [-0.1, -0.05) is 0 Å². The summed E-state index contributed by atoms with van der Waals surface area (Å²) >= 11 is 2.00. The molecule has 1 fully saturated rings. The summed E-state index contributed by atoms with van der Waals surface area (Å²) in [6, 6.07) is 0.507. The molecule has 5 nitrogen and oxygen atoms in total. The number of hydrogen-bond acceptors (Lipinski definition) is 6. The van der Waals surface area contributed by atoms with Crippen LogP contribution >= 0.6 is 11.8 Å². The molecule has 0 amide bonds. The van der Waals surface area contributed by atoms with E-state index in [2.05, 4.69) is 27.2 Å². The number of aryl methyl sites for hydroxylation is 1. The molecule has 1 atom stereocenters. The van der Waals surface area contributed by atoms with Gasteiger partial charge in [0.2, 0.25) is 0 Å². The fourth-order valence-electron chi connectivity index (χ4n) is 2.08. The lowest BCUT2D eigenvalue weighted by molar-refractivity contribution is 0.684. The molecule has 0 aromatic carbocycles. The van der Waals surface area contributed by atoms with E-state index in [4.69, 9.17) is 5.84 Å². The second-order valence-corrected chi connectivity index (χ2v) is 5.48. The molecule has 6 heteroatoms. The highest BCUT2D eigenvalue weighted by Crippen LogP contribution is 2.28. The summed E-state index contributed by atoms with van der Waals surface area (Å²) in [7, 11) is 0. The summed E-state index contributed by atoms with van der Waals surface area (Å²) in [6.07, 6.45) is 0. The van der Waals surface area contributed by atoms with E-state index >= 15 is 0 Å². The second kappa shape index (κ2) is 5.10. The van der Waals surface area contributed by atoms with E-state index in [0.29, 0.717) is 6.04 Å². The third-order valence-corrected chi connectivity index (χ3v) is 4.20. The van der Waals surface area contributed by atoms with Crippen LogP contribution in [0.1, 0.15) is 18.3 Å².